The van der Waals surface area contributed by atoms with Crippen molar-refractivity contribution in [3.8, 4) is 0 Å². The highest BCUT2D eigenvalue weighted by Crippen LogP contribution is 2.42. The minimum absolute atomic E-state index is 0.0600. The first-order valence-electron chi connectivity index (χ1n) is 10.1. The molecule has 3 N–H and O–H groups in total. The van der Waals surface area contributed by atoms with Crippen LogP contribution in [0.1, 0.15) is 24.2 Å². The van der Waals surface area contributed by atoms with Crippen LogP contribution in [-0.2, 0) is 4.79 Å². The first-order valence-corrected chi connectivity index (χ1v) is 10.9. The Kier molecular flexibility index (Phi) is 6.13. The third-order valence-corrected chi connectivity index (χ3v) is 6.01. The van der Waals surface area contributed by atoms with E-state index in [1.807, 2.05) is 49.4 Å². The van der Waals surface area contributed by atoms with Gasteiger partial charge in [0.05, 0.1) is 11.3 Å². The van der Waals surface area contributed by atoms with Crippen molar-refractivity contribution in [1.29, 1.82) is 0 Å². The highest BCUT2D eigenvalue weighted by molar-refractivity contribution is 7.99. The van der Waals surface area contributed by atoms with E-state index >= 15 is 0 Å². The largest absolute Gasteiger partial charge is 0.326 e. The molecule has 1 aliphatic heterocycles. The summed E-state index contributed by atoms with van der Waals surface area (Å²) in [6.45, 7) is 3.87. The van der Waals surface area contributed by atoms with E-state index in [0.717, 1.165) is 15.5 Å². The number of hydrogen-bond donors (Lipinski definition) is 3. The van der Waals surface area contributed by atoms with Crippen molar-refractivity contribution >= 4 is 52.4 Å². The molecule has 0 aromatic heterocycles. The molecule has 0 saturated carbocycles. The fourth-order valence-electron chi connectivity index (χ4n) is 3.45. The first kappa shape index (κ1) is 21.5. The van der Waals surface area contributed by atoms with Crippen molar-refractivity contribution in [2.75, 3.05) is 27.4 Å². The number of hydrogen-bond acceptors (Lipinski definition) is 4. The average molecular weight is 447 g/mol. The average Bonchev–Trinajstić information content (AvgIpc) is 2.88. The third-order valence-electron chi connectivity index (χ3n) is 4.87. The summed E-state index contributed by atoms with van der Waals surface area (Å²) in [7, 11) is 0. The van der Waals surface area contributed by atoms with E-state index in [2.05, 4.69) is 16.0 Å². The zero-order valence-corrected chi connectivity index (χ0v) is 18.5. The highest BCUT2D eigenvalue weighted by atomic mass is 32.2. The van der Waals surface area contributed by atoms with Gasteiger partial charge in [-0.1, -0.05) is 23.9 Å². The number of amides is 4. The highest BCUT2D eigenvalue weighted by Gasteiger charge is 2.26. The van der Waals surface area contributed by atoms with Crippen molar-refractivity contribution < 1.29 is 14.4 Å². The van der Waals surface area contributed by atoms with Crippen LogP contribution in [0.5, 0.6) is 0 Å². The van der Waals surface area contributed by atoms with E-state index < -0.39 is 6.03 Å². The Bertz CT molecular complexity index is 1190. The van der Waals surface area contributed by atoms with Crippen LogP contribution < -0.4 is 20.9 Å². The van der Waals surface area contributed by atoms with Gasteiger partial charge in [0.1, 0.15) is 0 Å². The predicted molar refractivity (Wildman–Crippen MR) is 128 cm³/mol. The number of anilines is 4. The van der Waals surface area contributed by atoms with Gasteiger partial charge in [-0.05, 0) is 61.5 Å². The molecule has 7 nitrogen and oxygen atoms in total. The summed E-state index contributed by atoms with van der Waals surface area (Å²) >= 11 is 1.54. The molecule has 3 aromatic carbocycles. The maximum Gasteiger partial charge on any atom is 0.323 e. The van der Waals surface area contributed by atoms with Crippen molar-refractivity contribution in [2.24, 2.45) is 0 Å². The molecule has 0 aliphatic carbocycles. The Morgan fingerprint density at radius 1 is 0.844 bits per heavy atom. The van der Waals surface area contributed by atoms with Crippen LogP contribution in [0.2, 0.25) is 0 Å². The van der Waals surface area contributed by atoms with E-state index in [9.17, 15) is 14.4 Å². The normalized spacial score (nSPS) is 12.3. The summed E-state index contributed by atoms with van der Waals surface area (Å²) < 4.78 is 0. The molecule has 4 rings (SSSR count). The predicted octanol–water partition coefficient (Wildman–Crippen LogP) is 5.42. The van der Waals surface area contributed by atoms with Gasteiger partial charge in [0, 0.05) is 40.3 Å². The molecule has 0 bridgehead atoms. The van der Waals surface area contributed by atoms with Gasteiger partial charge >= 0.3 is 6.03 Å². The third kappa shape index (κ3) is 4.60. The van der Waals surface area contributed by atoms with Crippen LogP contribution in [0.15, 0.2) is 76.5 Å². The molecule has 0 fully saturated rings. The lowest BCUT2D eigenvalue weighted by Gasteiger charge is -2.22. The molecule has 0 spiro atoms. The summed E-state index contributed by atoms with van der Waals surface area (Å²) in [6.07, 6.45) is 0. The molecular formula is C24H22N4O3S. The van der Waals surface area contributed by atoms with Crippen molar-refractivity contribution in [3.05, 3.63) is 72.3 Å². The number of carbonyl (C=O) groups is 3. The van der Waals surface area contributed by atoms with E-state index in [0.29, 0.717) is 29.2 Å². The van der Waals surface area contributed by atoms with Crippen LogP contribution in [0, 0.1) is 0 Å². The van der Waals surface area contributed by atoms with Gasteiger partial charge in [0.15, 0.2) is 0 Å². The van der Waals surface area contributed by atoms with Crippen LogP contribution >= 0.6 is 11.8 Å². The quantitative estimate of drug-likeness (QED) is 0.499. The molecule has 0 unspecified atom stereocenters. The van der Waals surface area contributed by atoms with Crippen molar-refractivity contribution in [3.63, 3.8) is 0 Å². The molecule has 32 heavy (non-hydrogen) atoms. The van der Waals surface area contributed by atoms with Crippen LogP contribution in [-0.4, -0.2) is 24.4 Å². The number of carbonyl (C=O) groups excluding carboxylic acids is 3. The van der Waals surface area contributed by atoms with E-state index in [1.165, 1.54) is 6.92 Å². The minimum Gasteiger partial charge on any atom is -0.326 e. The minimum atomic E-state index is -0.406. The SMILES string of the molecule is CCN1C(=O)c2ccccc2Sc2ccc(NC(=O)Nc3ccc(NC(C)=O)cc3)cc21. The summed E-state index contributed by atoms with van der Waals surface area (Å²) in [5.41, 5.74) is 3.25. The van der Waals surface area contributed by atoms with Gasteiger partial charge in [-0.15, -0.1) is 0 Å². The maximum absolute atomic E-state index is 13.1. The number of nitrogens with zero attached hydrogens (tertiary/aromatic N) is 1. The van der Waals surface area contributed by atoms with Gasteiger partial charge in [-0.3, -0.25) is 9.59 Å². The number of nitrogens with one attached hydrogen (secondary N) is 3. The molecule has 3 aromatic rings. The number of urea groups is 1. The molecule has 0 saturated heterocycles. The molecule has 4 amide bonds. The second-order valence-electron chi connectivity index (χ2n) is 7.17. The van der Waals surface area contributed by atoms with E-state index in [1.54, 1.807) is 40.9 Å². The molecule has 1 aliphatic rings. The fraction of sp³-hybridized carbons (Fsp3) is 0.125. The van der Waals surface area contributed by atoms with Crippen molar-refractivity contribution in [1.82, 2.24) is 0 Å². The van der Waals surface area contributed by atoms with Gasteiger partial charge in [0.25, 0.3) is 5.91 Å². The summed E-state index contributed by atoms with van der Waals surface area (Å²) in [5, 5.41) is 8.26. The summed E-state index contributed by atoms with van der Waals surface area (Å²) in [6, 6.07) is 19.5. The molecule has 1 heterocycles. The smallest absolute Gasteiger partial charge is 0.323 e. The van der Waals surface area contributed by atoms with Crippen LogP contribution in [0.25, 0.3) is 0 Å². The van der Waals surface area contributed by atoms with Gasteiger partial charge < -0.3 is 20.9 Å². The molecule has 0 atom stereocenters. The monoisotopic (exact) mass is 446 g/mol. The molecule has 0 radical (unpaired) electrons. The zero-order chi connectivity index (χ0) is 22.7. The number of benzene rings is 3. The Balaban J connectivity index is 1.51. The summed E-state index contributed by atoms with van der Waals surface area (Å²) in [5.74, 6) is -0.220. The van der Waals surface area contributed by atoms with E-state index in [-0.39, 0.29) is 11.8 Å². The fourth-order valence-corrected chi connectivity index (χ4v) is 4.50. The first-order chi connectivity index (χ1) is 15.4. The lowest BCUT2D eigenvalue weighted by atomic mass is 10.1. The lowest BCUT2D eigenvalue weighted by Crippen LogP contribution is -2.30. The molecular weight excluding hydrogens is 424 g/mol. The molecule has 8 heteroatoms. The standard InChI is InChI=1S/C24H22N4O3S/c1-3-28-20-14-18(12-13-22(20)32-21-7-5-4-6-19(21)23(28)30)27-24(31)26-17-10-8-16(9-11-17)25-15(2)29/h4-14H,3H2,1-2H3,(H,25,29)(H2,26,27,31). The molecule has 162 valence electrons. The van der Waals surface area contributed by atoms with Crippen molar-refractivity contribution in [2.45, 2.75) is 23.6 Å². The van der Waals surface area contributed by atoms with Gasteiger partial charge in [-0.25, -0.2) is 4.79 Å². The summed E-state index contributed by atoms with van der Waals surface area (Å²) in [4.78, 5) is 40.3. The second-order valence-corrected chi connectivity index (χ2v) is 8.25. The Morgan fingerprint density at radius 3 is 2.16 bits per heavy atom. The van der Waals surface area contributed by atoms with Gasteiger partial charge in [0.2, 0.25) is 5.91 Å². The Labute approximate surface area is 190 Å². The van der Waals surface area contributed by atoms with E-state index in [4.69, 9.17) is 0 Å². The van der Waals surface area contributed by atoms with Gasteiger partial charge in [-0.2, -0.15) is 0 Å². The topological polar surface area (TPSA) is 90.5 Å². The zero-order valence-electron chi connectivity index (χ0n) is 17.6. The lowest BCUT2D eigenvalue weighted by molar-refractivity contribution is -0.114. The second kappa shape index (κ2) is 9.15. The number of rotatable bonds is 4. The van der Waals surface area contributed by atoms with Crippen LogP contribution in [0.4, 0.5) is 27.5 Å². The Morgan fingerprint density at radius 2 is 1.47 bits per heavy atom. The van der Waals surface area contributed by atoms with Crippen LogP contribution in [0.3, 0.4) is 0 Å². The Hall–Kier alpha value is -3.78. The maximum atomic E-state index is 13.1. The number of fused-ring (bicyclic) bond motifs is 2.